The Labute approximate surface area is 83.1 Å². The van der Waals surface area contributed by atoms with Gasteiger partial charge in [0.15, 0.2) is 0 Å². The molecule has 82 valence electrons. The number of benzene rings is 1. The number of halogens is 3. The summed E-state index contributed by atoms with van der Waals surface area (Å²) in [6, 6.07) is 3.42. The molecule has 15 heavy (non-hydrogen) atoms. The molecule has 3 nitrogen and oxygen atoms in total. The van der Waals surface area contributed by atoms with Crippen LogP contribution in [0.5, 0.6) is 11.5 Å². The minimum Gasteiger partial charge on any atom is -0.508 e. The van der Waals surface area contributed by atoms with Gasteiger partial charge in [-0.25, -0.2) is 0 Å². The third kappa shape index (κ3) is 3.16. The van der Waals surface area contributed by atoms with E-state index in [1.165, 1.54) is 12.1 Å². The molecule has 1 aromatic carbocycles. The molecule has 0 aliphatic carbocycles. The molecule has 0 aliphatic rings. The van der Waals surface area contributed by atoms with Crippen LogP contribution in [0.25, 0.3) is 0 Å². The molecule has 0 amide bonds. The van der Waals surface area contributed by atoms with Gasteiger partial charge in [0, 0.05) is 12.0 Å². The Kier molecular flexibility index (Phi) is 3.18. The van der Waals surface area contributed by atoms with Gasteiger partial charge in [0.2, 0.25) is 0 Å². The molecule has 0 bridgehead atoms. The molecule has 0 atom stereocenters. The number of carbonyl (C=O) groups is 1. The zero-order valence-corrected chi connectivity index (χ0v) is 7.41. The van der Waals surface area contributed by atoms with Crippen molar-refractivity contribution in [2.24, 2.45) is 0 Å². The summed E-state index contributed by atoms with van der Waals surface area (Å²) >= 11 is 0. The summed E-state index contributed by atoms with van der Waals surface area (Å²) < 4.78 is 39.4. The van der Waals surface area contributed by atoms with Crippen LogP contribution < -0.4 is 4.74 Å². The van der Waals surface area contributed by atoms with Crippen LogP contribution in [0.1, 0.15) is 5.56 Å². The summed E-state index contributed by atoms with van der Waals surface area (Å²) in [4.78, 5) is 10.2. The molecule has 0 unspecified atom stereocenters. The standard InChI is InChI=1S/C9H7F3O3/c10-9(11,12)15-8-3-1-2-7(14)6(8)4-5-13/h1-3,5,14H,4H2. The fourth-order valence-corrected chi connectivity index (χ4v) is 1.06. The van der Waals surface area contributed by atoms with Gasteiger partial charge in [0.05, 0.1) is 0 Å². The first kappa shape index (κ1) is 11.4. The highest BCUT2D eigenvalue weighted by molar-refractivity contribution is 5.60. The molecule has 0 saturated carbocycles. The Morgan fingerprint density at radius 2 is 2.07 bits per heavy atom. The van der Waals surface area contributed by atoms with E-state index in [2.05, 4.69) is 4.74 Å². The number of hydrogen-bond acceptors (Lipinski definition) is 3. The van der Waals surface area contributed by atoms with Gasteiger partial charge < -0.3 is 14.6 Å². The molecular formula is C9H7F3O3. The van der Waals surface area contributed by atoms with Gasteiger partial charge in [-0.15, -0.1) is 13.2 Å². The molecule has 1 N–H and O–H groups in total. The highest BCUT2D eigenvalue weighted by Gasteiger charge is 2.32. The van der Waals surface area contributed by atoms with E-state index in [1.807, 2.05) is 0 Å². The summed E-state index contributed by atoms with van der Waals surface area (Å²) in [5.41, 5.74) is -0.176. The number of aromatic hydroxyl groups is 1. The van der Waals surface area contributed by atoms with Crippen LogP contribution in [-0.2, 0) is 11.2 Å². The van der Waals surface area contributed by atoms with E-state index in [-0.39, 0.29) is 12.0 Å². The lowest BCUT2D eigenvalue weighted by atomic mass is 10.1. The summed E-state index contributed by atoms with van der Waals surface area (Å²) in [7, 11) is 0. The molecule has 0 radical (unpaired) electrons. The minimum absolute atomic E-state index is 0.176. The van der Waals surface area contributed by atoms with E-state index < -0.39 is 17.9 Å². The Balaban J connectivity index is 3.05. The summed E-state index contributed by atoms with van der Waals surface area (Å²) in [6.07, 6.45) is -4.79. The maximum Gasteiger partial charge on any atom is 0.573 e. The van der Waals surface area contributed by atoms with Crippen LogP contribution in [0.4, 0.5) is 13.2 Å². The smallest absolute Gasteiger partial charge is 0.508 e. The monoisotopic (exact) mass is 220 g/mol. The van der Waals surface area contributed by atoms with Crippen molar-refractivity contribution >= 4 is 6.29 Å². The number of ether oxygens (including phenoxy) is 1. The van der Waals surface area contributed by atoms with Crippen molar-refractivity contribution in [2.45, 2.75) is 12.8 Å². The van der Waals surface area contributed by atoms with Crippen molar-refractivity contribution in [1.29, 1.82) is 0 Å². The maximum atomic E-state index is 11.9. The van der Waals surface area contributed by atoms with E-state index >= 15 is 0 Å². The topological polar surface area (TPSA) is 46.5 Å². The first-order valence-electron chi connectivity index (χ1n) is 3.94. The predicted octanol–water partition coefficient (Wildman–Crippen LogP) is 2.03. The van der Waals surface area contributed by atoms with Crippen molar-refractivity contribution in [3.63, 3.8) is 0 Å². The third-order valence-corrected chi connectivity index (χ3v) is 1.62. The van der Waals surface area contributed by atoms with E-state index in [1.54, 1.807) is 0 Å². The van der Waals surface area contributed by atoms with Crippen molar-refractivity contribution in [3.8, 4) is 11.5 Å². The summed E-state index contributed by atoms with van der Waals surface area (Å²) in [6.45, 7) is 0. The van der Waals surface area contributed by atoms with Crippen molar-refractivity contribution < 1.29 is 27.8 Å². The van der Waals surface area contributed by atoms with E-state index in [0.717, 1.165) is 6.07 Å². The van der Waals surface area contributed by atoms with Crippen LogP contribution >= 0.6 is 0 Å². The van der Waals surface area contributed by atoms with Gasteiger partial charge in [-0.05, 0) is 12.1 Å². The average molecular weight is 220 g/mol. The second-order valence-corrected chi connectivity index (χ2v) is 2.67. The average Bonchev–Trinajstić information content (AvgIpc) is 2.08. The normalized spacial score (nSPS) is 11.1. The molecule has 0 heterocycles. The lowest BCUT2D eigenvalue weighted by molar-refractivity contribution is -0.274. The van der Waals surface area contributed by atoms with Gasteiger partial charge in [0.1, 0.15) is 17.8 Å². The fourth-order valence-electron chi connectivity index (χ4n) is 1.06. The second kappa shape index (κ2) is 4.20. The van der Waals surface area contributed by atoms with Gasteiger partial charge in [-0.3, -0.25) is 0 Å². The third-order valence-electron chi connectivity index (χ3n) is 1.62. The van der Waals surface area contributed by atoms with Crippen LogP contribution in [0.3, 0.4) is 0 Å². The minimum atomic E-state index is -4.84. The van der Waals surface area contributed by atoms with E-state index in [0.29, 0.717) is 6.29 Å². The lowest BCUT2D eigenvalue weighted by Gasteiger charge is -2.12. The summed E-state index contributed by atoms with van der Waals surface area (Å²) in [5, 5.41) is 9.21. The number of aldehydes is 1. The predicted molar refractivity (Wildman–Crippen MR) is 44.6 cm³/mol. The number of phenols is 1. The molecule has 0 saturated heterocycles. The number of rotatable bonds is 3. The number of hydrogen-bond donors (Lipinski definition) is 1. The number of carbonyl (C=O) groups excluding carboxylic acids is 1. The Morgan fingerprint density at radius 3 is 2.60 bits per heavy atom. The molecule has 0 spiro atoms. The fraction of sp³-hybridized carbons (Fsp3) is 0.222. The quantitative estimate of drug-likeness (QED) is 0.793. The first-order valence-corrected chi connectivity index (χ1v) is 3.94. The highest BCUT2D eigenvalue weighted by atomic mass is 19.4. The largest absolute Gasteiger partial charge is 0.573 e. The van der Waals surface area contributed by atoms with Gasteiger partial charge in [-0.1, -0.05) is 6.07 Å². The van der Waals surface area contributed by atoms with Crippen LogP contribution in [0, 0.1) is 0 Å². The Hall–Kier alpha value is -1.72. The number of phenolic OH excluding ortho intramolecular Hbond substituents is 1. The van der Waals surface area contributed by atoms with Crippen LogP contribution in [-0.4, -0.2) is 17.8 Å². The second-order valence-electron chi connectivity index (χ2n) is 2.67. The van der Waals surface area contributed by atoms with Gasteiger partial charge >= 0.3 is 6.36 Å². The zero-order chi connectivity index (χ0) is 11.5. The maximum absolute atomic E-state index is 11.9. The highest BCUT2D eigenvalue weighted by Crippen LogP contribution is 2.31. The SMILES string of the molecule is O=CCc1c(O)cccc1OC(F)(F)F. The van der Waals surface area contributed by atoms with Crippen molar-refractivity contribution in [3.05, 3.63) is 23.8 Å². The van der Waals surface area contributed by atoms with Crippen molar-refractivity contribution in [1.82, 2.24) is 0 Å². The molecule has 1 aromatic rings. The molecule has 0 aliphatic heterocycles. The first-order chi connectivity index (χ1) is 6.94. The van der Waals surface area contributed by atoms with Crippen LogP contribution in [0.15, 0.2) is 18.2 Å². The Morgan fingerprint density at radius 1 is 1.40 bits per heavy atom. The number of alkyl halides is 3. The van der Waals surface area contributed by atoms with Gasteiger partial charge in [0.25, 0.3) is 0 Å². The molecular weight excluding hydrogens is 213 g/mol. The van der Waals surface area contributed by atoms with Crippen molar-refractivity contribution in [2.75, 3.05) is 0 Å². The molecule has 1 rings (SSSR count). The van der Waals surface area contributed by atoms with Crippen LogP contribution in [0.2, 0.25) is 0 Å². The molecule has 0 aromatic heterocycles. The van der Waals surface area contributed by atoms with E-state index in [4.69, 9.17) is 0 Å². The Bertz CT molecular complexity index is 360. The lowest BCUT2D eigenvalue weighted by Crippen LogP contribution is -2.18. The van der Waals surface area contributed by atoms with Gasteiger partial charge in [-0.2, -0.15) is 0 Å². The van der Waals surface area contributed by atoms with E-state index in [9.17, 15) is 23.1 Å². The zero-order valence-electron chi connectivity index (χ0n) is 7.41. The molecule has 6 heteroatoms. The summed E-state index contributed by atoms with van der Waals surface area (Å²) in [5.74, 6) is -0.960. The molecule has 0 fully saturated rings.